The number of benzene rings is 8. The van der Waals surface area contributed by atoms with Gasteiger partial charge < -0.3 is 0 Å². The summed E-state index contributed by atoms with van der Waals surface area (Å²) in [6, 6.07) is 70.7. The lowest BCUT2D eigenvalue weighted by Gasteiger charge is -2.50. The molecule has 0 radical (unpaired) electrons. The molecule has 9 aromatic rings. The van der Waals surface area contributed by atoms with Gasteiger partial charge in [0.05, 0.1) is 16.8 Å². The van der Waals surface area contributed by atoms with Crippen molar-refractivity contribution in [2.45, 2.75) is 34.5 Å². The van der Waals surface area contributed by atoms with Crippen molar-refractivity contribution >= 4 is 22.5 Å². The minimum Gasteiger partial charge on any atom is -0.228 e. The number of hydrogen-bond acceptors (Lipinski definition) is 3. The van der Waals surface area contributed by atoms with Crippen molar-refractivity contribution in [3.63, 3.8) is 0 Å². The van der Waals surface area contributed by atoms with Crippen LogP contribution in [0.25, 0.3) is 55.8 Å². The highest BCUT2D eigenvalue weighted by Crippen LogP contribution is 2.61. The predicted octanol–water partition coefficient (Wildman–Crippen LogP) is 13.8. The highest BCUT2D eigenvalue weighted by atomic mass is 32.2. The van der Waals surface area contributed by atoms with Gasteiger partial charge in [0.1, 0.15) is 0 Å². The molecule has 1 aromatic heterocycles. The first-order valence-electron chi connectivity index (χ1n) is 19.7. The Morgan fingerprint density at radius 1 is 0.368 bits per heavy atom. The largest absolute Gasteiger partial charge is 0.228 e. The number of hydrogen-bond donors (Lipinski definition) is 0. The molecule has 0 saturated carbocycles. The summed E-state index contributed by atoms with van der Waals surface area (Å²) in [5, 5.41) is 2.37. The molecule has 8 aromatic carbocycles. The molecule has 2 heterocycles. The third kappa shape index (κ3) is 5.12. The maximum absolute atomic E-state index is 5.35. The Balaban J connectivity index is 1.16. The van der Waals surface area contributed by atoms with Crippen LogP contribution in [0.2, 0.25) is 0 Å². The lowest BCUT2D eigenvalue weighted by molar-refractivity contribution is 0.549. The van der Waals surface area contributed by atoms with Crippen LogP contribution in [0.15, 0.2) is 204 Å². The van der Waals surface area contributed by atoms with Crippen molar-refractivity contribution in [3.05, 3.63) is 228 Å². The molecule has 57 heavy (non-hydrogen) atoms. The van der Waals surface area contributed by atoms with E-state index in [4.69, 9.17) is 9.97 Å². The third-order valence-electron chi connectivity index (χ3n) is 12.2. The second-order valence-electron chi connectivity index (χ2n) is 15.7. The average molecular weight is 747 g/mol. The van der Waals surface area contributed by atoms with Crippen molar-refractivity contribution < 1.29 is 0 Å². The van der Waals surface area contributed by atoms with Gasteiger partial charge in [0.15, 0.2) is 5.82 Å². The van der Waals surface area contributed by atoms with Gasteiger partial charge in [-0.05, 0) is 79.5 Å². The van der Waals surface area contributed by atoms with Crippen LogP contribution in [0.3, 0.4) is 0 Å². The number of fused-ring (bicyclic) bond motifs is 9. The molecule has 0 atom stereocenters. The van der Waals surface area contributed by atoms with E-state index >= 15 is 0 Å². The van der Waals surface area contributed by atoms with Gasteiger partial charge in [0.25, 0.3) is 0 Å². The summed E-state index contributed by atoms with van der Waals surface area (Å²) in [6.07, 6.45) is 0. The standard InChI is InChI=1S/C54H38N2S/c1-53(2)42-23-11-12-24-43(42)54(45-25-13-15-27-50(45)57-51-28-16-14-26-46(51)54)44-32-29-37(33-47(44)53)48-34-49(56-52(55-48)36-19-7-4-8-20-36)41-31-30-38(35-17-5-3-6-18-35)39-21-9-10-22-40(39)41/h3-34H,1-2H3. The molecule has 0 unspecified atom stereocenters. The highest BCUT2D eigenvalue weighted by Gasteiger charge is 2.52. The number of rotatable bonds is 4. The molecule has 1 spiro atoms. The van der Waals surface area contributed by atoms with Crippen LogP contribution in [-0.2, 0) is 10.8 Å². The fourth-order valence-corrected chi connectivity index (χ4v) is 10.8. The van der Waals surface area contributed by atoms with E-state index < -0.39 is 5.41 Å². The summed E-state index contributed by atoms with van der Waals surface area (Å²) >= 11 is 1.88. The van der Waals surface area contributed by atoms with Crippen molar-refractivity contribution in [1.29, 1.82) is 0 Å². The monoisotopic (exact) mass is 746 g/mol. The Labute approximate surface area is 338 Å². The summed E-state index contributed by atoms with van der Waals surface area (Å²) in [6.45, 7) is 4.77. The van der Waals surface area contributed by atoms with Gasteiger partial charge in [-0.25, -0.2) is 9.97 Å². The molecule has 0 saturated heterocycles. The van der Waals surface area contributed by atoms with Gasteiger partial charge in [-0.2, -0.15) is 0 Å². The minimum atomic E-state index is -0.468. The Hall–Kier alpha value is -6.55. The lowest BCUT2D eigenvalue weighted by atomic mass is 9.54. The van der Waals surface area contributed by atoms with Gasteiger partial charge in [-0.3, -0.25) is 0 Å². The minimum absolute atomic E-state index is 0.275. The molecule has 0 amide bonds. The molecule has 1 aliphatic heterocycles. The van der Waals surface area contributed by atoms with Crippen LogP contribution >= 0.6 is 11.8 Å². The zero-order valence-corrected chi connectivity index (χ0v) is 32.6. The zero-order chi connectivity index (χ0) is 38.1. The Bertz CT molecular complexity index is 2980. The number of aromatic nitrogens is 2. The molecule has 0 bridgehead atoms. The second-order valence-corrected chi connectivity index (χ2v) is 16.8. The van der Waals surface area contributed by atoms with Crippen molar-refractivity contribution in [2.24, 2.45) is 0 Å². The van der Waals surface area contributed by atoms with Crippen LogP contribution < -0.4 is 0 Å². The molecule has 2 aliphatic rings. The van der Waals surface area contributed by atoms with E-state index in [1.54, 1.807) is 0 Å². The van der Waals surface area contributed by atoms with E-state index in [-0.39, 0.29) is 5.41 Å². The Kier molecular flexibility index (Phi) is 7.71. The third-order valence-corrected chi connectivity index (χ3v) is 13.4. The molecular weight excluding hydrogens is 709 g/mol. The molecular formula is C54H38N2S. The van der Waals surface area contributed by atoms with Gasteiger partial charge in [-0.15, -0.1) is 0 Å². The van der Waals surface area contributed by atoms with Gasteiger partial charge in [-0.1, -0.05) is 195 Å². The molecule has 1 aliphatic carbocycles. The molecule has 3 heteroatoms. The summed E-state index contributed by atoms with van der Waals surface area (Å²) < 4.78 is 0. The maximum Gasteiger partial charge on any atom is 0.160 e. The van der Waals surface area contributed by atoms with Crippen LogP contribution in [0, 0.1) is 0 Å². The van der Waals surface area contributed by atoms with Crippen LogP contribution in [0.4, 0.5) is 0 Å². The van der Waals surface area contributed by atoms with E-state index in [1.165, 1.54) is 65.1 Å². The molecule has 0 fully saturated rings. The van der Waals surface area contributed by atoms with Crippen molar-refractivity contribution in [3.8, 4) is 45.0 Å². The molecule has 270 valence electrons. The van der Waals surface area contributed by atoms with E-state index in [9.17, 15) is 0 Å². The quantitative estimate of drug-likeness (QED) is 0.179. The Morgan fingerprint density at radius 2 is 0.877 bits per heavy atom. The van der Waals surface area contributed by atoms with Gasteiger partial charge in [0, 0.05) is 31.9 Å². The smallest absolute Gasteiger partial charge is 0.160 e. The van der Waals surface area contributed by atoms with Gasteiger partial charge >= 0.3 is 0 Å². The summed E-state index contributed by atoms with van der Waals surface area (Å²) in [7, 11) is 0. The van der Waals surface area contributed by atoms with E-state index in [0.29, 0.717) is 5.82 Å². The Morgan fingerprint density at radius 3 is 1.56 bits per heavy atom. The maximum atomic E-state index is 5.35. The SMILES string of the molecule is CC1(C)c2ccccc2C2(c3ccccc3Sc3ccccc32)c2ccc(-c3cc(-c4ccc(-c5ccccc5)c5ccccc45)nc(-c4ccccc4)n3)cc21. The predicted molar refractivity (Wildman–Crippen MR) is 236 cm³/mol. The summed E-state index contributed by atoms with van der Waals surface area (Å²) in [4.78, 5) is 13.3. The molecule has 11 rings (SSSR count). The van der Waals surface area contributed by atoms with Crippen LogP contribution in [0.1, 0.15) is 47.2 Å². The lowest BCUT2D eigenvalue weighted by Crippen LogP contribution is -2.43. The first kappa shape index (κ1) is 33.8. The molecule has 2 nitrogen and oxygen atoms in total. The zero-order valence-electron chi connectivity index (χ0n) is 31.8. The first-order chi connectivity index (χ1) is 28.0. The summed E-state index contributed by atoms with van der Waals surface area (Å²) in [5.74, 6) is 0.713. The fraction of sp³-hybridized carbons (Fsp3) is 0.0741. The fourth-order valence-electron chi connectivity index (χ4n) is 9.61. The molecule has 0 N–H and O–H groups in total. The topological polar surface area (TPSA) is 25.8 Å². The van der Waals surface area contributed by atoms with Crippen molar-refractivity contribution in [2.75, 3.05) is 0 Å². The van der Waals surface area contributed by atoms with Crippen molar-refractivity contribution in [1.82, 2.24) is 9.97 Å². The normalized spacial score (nSPS) is 14.4. The van der Waals surface area contributed by atoms with Gasteiger partial charge in [0.2, 0.25) is 0 Å². The summed E-state index contributed by atoms with van der Waals surface area (Å²) in [5.41, 5.74) is 14.7. The highest BCUT2D eigenvalue weighted by molar-refractivity contribution is 7.99. The first-order valence-corrected chi connectivity index (χ1v) is 20.5. The van der Waals surface area contributed by atoms with E-state index in [1.807, 2.05) is 17.8 Å². The van der Waals surface area contributed by atoms with E-state index in [0.717, 1.165) is 28.1 Å². The van der Waals surface area contributed by atoms with Crippen LogP contribution in [-0.4, -0.2) is 9.97 Å². The average Bonchev–Trinajstić information content (AvgIpc) is 3.28. The van der Waals surface area contributed by atoms with Crippen LogP contribution in [0.5, 0.6) is 0 Å². The number of nitrogens with zero attached hydrogens (tertiary/aromatic N) is 2. The van der Waals surface area contributed by atoms with E-state index in [2.05, 4.69) is 202 Å². The second kappa shape index (κ2) is 13.0.